The number of nitrogens with one attached hydrogen (secondary N) is 1. The fourth-order valence-corrected chi connectivity index (χ4v) is 3.68. The highest BCUT2D eigenvalue weighted by atomic mass is 19.1. The molecule has 2 rings (SSSR count). The number of benzene rings is 1. The summed E-state index contributed by atoms with van der Waals surface area (Å²) in [5, 5.41) is 36.4. The Morgan fingerprint density at radius 1 is 1.09 bits per heavy atom. The third kappa shape index (κ3) is 7.64. The van der Waals surface area contributed by atoms with Gasteiger partial charge in [0.2, 0.25) is 0 Å². The van der Waals surface area contributed by atoms with Crippen molar-refractivity contribution < 1.29 is 29.3 Å². The number of hydrogen-bond donors (Lipinski definition) is 4. The molecule has 0 spiro atoms. The van der Waals surface area contributed by atoms with Crippen molar-refractivity contribution in [2.24, 2.45) is 5.92 Å². The van der Waals surface area contributed by atoms with E-state index < -0.39 is 30.4 Å². The van der Waals surface area contributed by atoms with E-state index in [0.29, 0.717) is 24.3 Å². The van der Waals surface area contributed by atoms with Crippen LogP contribution in [0.25, 0.3) is 5.69 Å². The Hall–Kier alpha value is -2.78. The minimum Gasteiger partial charge on any atom is -0.481 e. The van der Waals surface area contributed by atoms with E-state index in [9.17, 15) is 24.2 Å². The highest BCUT2D eigenvalue weighted by Gasteiger charge is 2.26. The van der Waals surface area contributed by atoms with Gasteiger partial charge in [0.05, 0.1) is 24.3 Å². The molecule has 0 fully saturated rings. The third-order valence-corrected chi connectivity index (χ3v) is 5.22. The van der Waals surface area contributed by atoms with Crippen molar-refractivity contribution in [3.05, 3.63) is 47.0 Å². The summed E-state index contributed by atoms with van der Waals surface area (Å²) in [6.07, 6.45) is -2.04. The standard InChI is InChI=1S/C24H34FN3O5/c1-14(2)13-26-24(33)23-22(15(3)4)20(10-9-18(29)11-19(30)12-21(31)32)28(27-23)17-7-5-16(25)6-8-17/h5-8,14-15,18-19,29-30H,9-13H2,1-4H3,(H,26,33)(H,31,32). The molecule has 33 heavy (non-hydrogen) atoms. The SMILES string of the molecule is CC(C)CNC(=O)c1nn(-c2ccc(F)cc2)c(CCC(O)CC(O)CC(=O)O)c1C(C)C. The number of hydrogen-bond acceptors (Lipinski definition) is 5. The van der Waals surface area contributed by atoms with Gasteiger partial charge in [0.15, 0.2) is 5.69 Å². The van der Waals surface area contributed by atoms with Crippen LogP contribution in [-0.4, -0.2) is 55.7 Å². The summed E-state index contributed by atoms with van der Waals surface area (Å²) in [6, 6.07) is 5.76. The van der Waals surface area contributed by atoms with E-state index in [2.05, 4.69) is 10.4 Å². The summed E-state index contributed by atoms with van der Waals surface area (Å²) in [5.74, 6) is -1.62. The van der Waals surface area contributed by atoms with E-state index in [0.717, 1.165) is 5.56 Å². The molecule has 2 atom stereocenters. The van der Waals surface area contributed by atoms with Gasteiger partial charge in [-0.25, -0.2) is 9.07 Å². The molecule has 0 aliphatic carbocycles. The first-order valence-electron chi connectivity index (χ1n) is 11.2. The Morgan fingerprint density at radius 3 is 2.27 bits per heavy atom. The number of aromatic nitrogens is 2. The van der Waals surface area contributed by atoms with Crippen molar-refractivity contribution >= 4 is 11.9 Å². The predicted molar refractivity (Wildman–Crippen MR) is 122 cm³/mol. The van der Waals surface area contributed by atoms with Gasteiger partial charge in [-0.15, -0.1) is 0 Å². The van der Waals surface area contributed by atoms with Crippen molar-refractivity contribution in [1.29, 1.82) is 0 Å². The van der Waals surface area contributed by atoms with Crippen LogP contribution in [0.2, 0.25) is 0 Å². The highest BCUT2D eigenvalue weighted by molar-refractivity contribution is 5.94. The zero-order valence-electron chi connectivity index (χ0n) is 19.6. The monoisotopic (exact) mass is 463 g/mol. The number of aliphatic hydroxyl groups excluding tert-OH is 2. The minimum atomic E-state index is -1.15. The van der Waals surface area contributed by atoms with Crippen molar-refractivity contribution in [2.75, 3.05) is 6.54 Å². The number of carbonyl (C=O) groups excluding carboxylic acids is 1. The lowest BCUT2D eigenvalue weighted by Crippen LogP contribution is -2.28. The van der Waals surface area contributed by atoms with Gasteiger partial charge in [-0.2, -0.15) is 5.10 Å². The van der Waals surface area contributed by atoms with E-state index in [1.807, 2.05) is 27.7 Å². The number of carbonyl (C=O) groups is 2. The molecule has 0 bridgehead atoms. The van der Waals surface area contributed by atoms with Crippen LogP contribution < -0.4 is 5.32 Å². The maximum absolute atomic E-state index is 13.5. The molecular weight excluding hydrogens is 429 g/mol. The molecule has 1 amide bonds. The maximum atomic E-state index is 13.5. The Kier molecular flexibility index (Phi) is 9.55. The number of rotatable bonds is 12. The zero-order chi connectivity index (χ0) is 24.7. The molecule has 182 valence electrons. The summed E-state index contributed by atoms with van der Waals surface area (Å²) in [5.41, 5.74) is 2.30. The second kappa shape index (κ2) is 11.9. The molecule has 8 nitrogen and oxygen atoms in total. The van der Waals surface area contributed by atoms with Gasteiger partial charge in [-0.3, -0.25) is 9.59 Å². The van der Waals surface area contributed by atoms with E-state index >= 15 is 0 Å². The van der Waals surface area contributed by atoms with Gasteiger partial charge >= 0.3 is 5.97 Å². The van der Waals surface area contributed by atoms with E-state index in [1.165, 1.54) is 12.1 Å². The topological polar surface area (TPSA) is 125 Å². The van der Waals surface area contributed by atoms with E-state index in [-0.39, 0.29) is 36.3 Å². The molecule has 1 aromatic carbocycles. The Labute approximate surface area is 193 Å². The number of carboxylic acids is 1. The van der Waals surface area contributed by atoms with Crippen molar-refractivity contribution in [3.63, 3.8) is 0 Å². The fraction of sp³-hybridized carbons (Fsp3) is 0.542. The molecule has 4 N–H and O–H groups in total. The first-order valence-corrected chi connectivity index (χ1v) is 11.2. The molecular formula is C24H34FN3O5. The highest BCUT2D eigenvalue weighted by Crippen LogP contribution is 2.28. The smallest absolute Gasteiger partial charge is 0.305 e. The van der Waals surface area contributed by atoms with Gasteiger partial charge in [-0.05, 0) is 55.4 Å². The summed E-state index contributed by atoms with van der Waals surface area (Å²) >= 11 is 0. The normalized spacial score (nSPS) is 13.4. The van der Waals surface area contributed by atoms with Gasteiger partial charge < -0.3 is 20.6 Å². The Balaban J connectivity index is 2.39. The zero-order valence-corrected chi connectivity index (χ0v) is 19.6. The molecule has 0 radical (unpaired) electrons. The van der Waals surface area contributed by atoms with Crippen LogP contribution in [0.1, 0.15) is 74.6 Å². The molecule has 2 unspecified atom stereocenters. The molecule has 0 aliphatic rings. The van der Waals surface area contributed by atoms with Crippen LogP contribution in [-0.2, 0) is 11.2 Å². The number of halogens is 1. The lowest BCUT2D eigenvalue weighted by atomic mass is 9.95. The second-order valence-corrected chi connectivity index (χ2v) is 9.04. The average molecular weight is 464 g/mol. The molecule has 1 aromatic heterocycles. The van der Waals surface area contributed by atoms with Crippen molar-refractivity contribution in [3.8, 4) is 5.69 Å². The van der Waals surface area contributed by atoms with E-state index in [4.69, 9.17) is 5.11 Å². The first kappa shape index (κ1) is 26.5. The largest absolute Gasteiger partial charge is 0.481 e. The number of nitrogens with zero attached hydrogens (tertiary/aromatic N) is 2. The number of aliphatic hydroxyl groups is 2. The van der Waals surface area contributed by atoms with Gasteiger partial charge in [-0.1, -0.05) is 27.7 Å². The summed E-state index contributed by atoms with van der Waals surface area (Å²) < 4.78 is 15.1. The molecule has 2 aromatic rings. The van der Waals surface area contributed by atoms with Crippen molar-refractivity contribution in [1.82, 2.24) is 15.1 Å². The average Bonchev–Trinajstić information content (AvgIpc) is 3.10. The quantitative estimate of drug-likeness (QED) is 0.384. The molecule has 0 saturated carbocycles. The Morgan fingerprint density at radius 2 is 1.73 bits per heavy atom. The lowest BCUT2D eigenvalue weighted by Gasteiger charge is -2.16. The lowest BCUT2D eigenvalue weighted by molar-refractivity contribution is -0.139. The molecule has 1 heterocycles. The van der Waals surface area contributed by atoms with E-state index in [1.54, 1.807) is 16.8 Å². The van der Waals surface area contributed by atoms with Crippen LogP contribution >= 0.6 is 0 Å². The van der Waals surface area contributed by atoms with Crippen LogP contribution in [0.3, 0.4) is 0 Å². The van der Waals surface area contributed by atoms with Gasteiger partial charge in [0.1, 0.15) is 5.82 Å². The number of aliphatic carboxylic acids is 1. The van der Waals surface area contributed by atoms with Gasteiger partial charge in [0.25, 0.3) is 5.91 Å². The predicted octanol–water partition coefficient (Wildman–Crippen LogP) is 3.04. The molecule has 0 saturated heterocycles. The number of carboxylic acid groups (broad SMARTS) is 1. The third-order valence-electron chi connectivity index (χ3n) is 5.22. The van der Waals surface area contributed by atoms with Crippen molar-refractivity contribution in [2.45, 2.75) is 71.5 Å². The molecule has 0 aliphatic heterocycles. The summed E-state index contributed by atoms with van der Waals surface area (Å²) in [7, 11) is 0. The van der Waals surface area contributed by atoms with Crippen LogP contribution in [0.15, 0.2) is 24.3 Å². The fourth-order valence-electron chi connectivity index (χ4n) is 3.68. The Bertz CT molecular complexity index is 940. The molecule has 9 heteroatoms. The second-order valence-electron chi connectivity index (χ2n) is 9.04. The van der Waals surface area contributed by atoms with Crippen LogP contribution in [0.5, 0.6) is 0 Å². The van der Waals surface area contributed by atoms with Crippen LogP contribution in [0.4, 0.5) is 4.39 Å². The van der Waals surface area contributed by atoms with Gasteiger partial charge in [0, 0.05) is 17.8 Å². The summed E-state index contributed by atoms with van der Waals surface area (Å²) in [4.78, 5) is 23.7. The van der Waals surface area contributed by atoms with Crippen LogP contribution in [0, 0.1) is 11.7 Å². The first-order chi connectivity index (χ1) is 15.5. The maximum Gasteiger partial charge on any atom is 0.305 e. The summed E-state index contributed by atoms with van der Waals surface area (Å²) in [6.45, 7) is 8.37. The minimum absolute atomic E-state index is 0.0521. The number of amides is 1.